The van der Waals surface area contributed by atoms with Crippen molar-refractivity contribution in [2.75, 3.05) is 37.6 Å². The van der Waals surface area contributed by atoms with Crippen LogP contribution >= 0.6 is 11.3 Å². The van der Waals surface area contributed by atoms with E-state index >= 15 is 0 Å². The van der Waals surface area contributed by atoms with Gasteiger partial charge in [0.25, 0.3) is 0 Å². The van der Waals surface area contributed by atoms with Crippen molar-refractivity contribution in [2.45, 2.75) is 51.7 Å². The lowest BCUT2D eigenvalue weighted by atomic mass is 9.95. The molecule has 0 saturated carbocycles. The van der Waals surface area contributed by atoms with Crippen molar-refractivity contribution >= 4 is 17.2 Å². The maximum Gasteiger partial charge on any atom is 0.433 e. The predicted molar refractivity (Wildman–Crippen MR) is 135 cm³/mol. The zero-order valence-electron chi connectivity index (χ0n) is 20.8. The molecule has 0 aliphatic carbocycles. The van der Waals surface area contributed by atoms with Crippen LogP contribution in [-0.2, 0) is 18.1 Å². The van der Waals surface area contributed by atoms with E-state index in [4.69, 9.17) is 0 Å². The quantitative estimate of drug-likeness (QED) is 0.422. The van der Waals surface area contributed by atoms with Crippen LogP contribution in [0.4, 0.5) is 19.0 Å². The molecule has 0 bridgehead atoms. The summed E-state index contributed by atoms with van der Waals surface area (Å²) in [7, 11) is 0. The van der Waals surface area contributed by atoms with Crippen molar-refractivity contribution in [3.05, 3.63) is 57.8 Å². The fourth-order valence-corrected chi connectivity index (χ4v) is 4.75. The van der Waals surface area contributed by atoms with Crippen LogP contribution in [0.25, 0.3) is 10.6 Å². The third kappa shape index (κ3) is 6.50. The van der Waals surface area contributed by atoms with Crippen LogP contribution in [0, 0.1) is 0 Å². The minimum atomic E-state index is -4.51. The van der Waals surface area contributed by atoms with Gasteiger partial charge >= 0.3 is 11.9 Å². The van der Waals surface area contributed by atoms with Gasteiger partial charge in [-0.15, -0.1) is 11.3 Å². The standard InChI is InChI=1S/C25H31F3N6OS/c1-24(2,3)22-30-20(25(26,27)28)17-21(31-22)33-14-12-32(13-15-33)9-4-5-10-34-11-8-18(29-23(34)35)19-7-6-16-36-19/h6-8,11,16-17H,4-5,9-10,12-15H2,1-3H3. The lowest BCUT2D eigenvalue weighted by Crippen LogP contribution is -2.47. The van der Waals surface area contributed by atoms with Gasteiger partial charge in [-0.25, -0.2) is 14.8 Å². The maximum absolute atomic E-state index is 13.4. The molecule has 0 amide bonds. The SMILES string of the molecule is CC(C)(C)c1nc(N2CCN(CCCCn3ccc(-c4cccs4)nc3=O)CC2)cc(C(F)(F)F)n1. The molecule has 1 aliphatic rings. The van der Waals surface area contributed by atoms with Crippen LogP contribution in [0.15, 0.2) is 40.6 Å². The van der Waals surface area contributed by atoms with Crippen LogP contribution < -0.4 is 10.6 Å². The smallest absolute Gasteiger partial charge is 0.354 e. The summed E-state index contributed by atoms with van der Waals surface area (Å²) in [6.07, 6.45) is -0.956. The molecule has 0 spiro atoms. The Balaban J connectivity index is 1.28. The number of anilines is 1. The molecular formula is C25H31F3N6OS. The molecule has 0 radical (unpaired) electrons. The van der Waals surface area contributed by atoms with Gasteiger partial charge in [-0.1, -0.05) is 26.8 Å². The second kappa shape index (κ2) is 10.7. The average Bonchev–Trinajstić information content (AvgIpc) is 3.37. The highest BCUT2D eigenvalue weighted by Crippen LogP contribution is 2.32. The number of unbranched alkanes of at least 4 members (excludes halogenated alkanes) is 1. The van der Waals surface area contributed by atoms with Gasteiger partial charge in [0.15, 0.2) is 0 Å². The Labute approximate surface area is 212 Å². The molecule has 36 heavy (non-hydrogen) atoms. The summed E-state index contributed by atoms with van der Waals surface area (Å²) < 4.78 is 41.9. The van der Waals surface area contributed by atoms with Gasteiger partial charge in [0, 0.05) is 50.4 Å². The Bertz CT molecular complexity index is 1180. The Hall–Kier alpha value is -2.79. The molecule has 1 saturated heterocycles. The summed E-state index contributed by atoms with van der Waals surface area (Å²) in [5.41, 5.74) is -1.02. The number of thiophene rings is 1. The van der Waals surface area contributed by atoms with E-state index in [2.05, 4.69) is 19.9 Å². The van der Waals surface area contributed by atoms with Crippen molar-refractivity contribution in [2.24, 2.45) is 0 Å². The van der Waals surface area contributed by atoms with Gasteiger partial charge in [-0.05, 0) is 36.9 Å². The molecule has 0 N–H and O–H groups in total. The van der Waals surface area contributed by atoms with E-state index in [9.17, 15) is 18.0 Å². The maximum atomic E-state index is 13.4. The highest BCUT2D eigenvalue weighted by atomic mass is 32.1. The number of rotatable bonds is 7. The summed E-state index contributed by atoms with van der Waals surface area (Å²) in [5.74, 6) is 0.530. The first-order valence-electron chi connectivity index (χ1n) is 12.1. The summed E-state index contributed by atoms with van der Waals surface area (Å²) in [4.78, 5) is 29.9. The summed E-state index contributed by atoms with van der Waals surface area (Å²) >= 11 is 1.55. The van der Waals surface area contributed by atoms with Gasteiger partial charge in [0.05, 0.1) is 10.6 Å². The number of hydrogen-bond donors (Lipinski definition) is 0. The Morgan fingerprint density at radius 2 is 1.69 bits per heavy atom. The molecule has 0 aromatic carbocycles. The minimum absolute atomic E-state index is 0.197. The van der Waals surface area contributed by atoms with Crippen LogP contribution in [0.3, 0.4) is 0 Å². The van der Waals surface area contributed by atoms with Gasteiger partial charge in [0.1, 0.15) is 17.3 Å². The monoisotopic (exact) mass is 520 g/mol. The Morgan fingerprint density at radius 1 is 0.972 bits per heavy atom. The molecule has 1 aliphatic heterocycles. The average molecular weight is 521 g/mol. The number of alkyl halides is 3. The van der Waals surface area contributed by atoms with E-state index in [1.54, 1.807) is 22.1 Å². The zero-order valence-corrected chi connectivity index (χ0v) is 21.6. The van der Waals surface area contributed by atoms with E-state index in [0.29, 0.717) is 31.1 Å². The van der Waals surface area contributed by atoms with E-state index in [0.717, 1.165) is 43.4 Å². The van der Waals surface area contributed by atoms with E-state index < -0.39 is 17.3 Å². The van der Waals surface area contributed by atoms with Gasteiger partial charge in [-0.3, -0.25) is 9.47 Å². The summed E-state index contributed by atoms with van der Waals surface area (Å²) in [5, 5.41) is 1.96. The lowest BCUT2D eigenvalue weighted by Gasteiger charge is -2.36. The number of aromatic nitrogens is 4. The number of aryl methyl sites for hydroxylation is 1. The van der Waals surface area contributed by atoms with Crippen molar-refractivity contribution in [3.8, 4) is 10.6 Å². The fraction of sp³-hybridized carbons (Fsp3) is 0.520. The molecule has 7 nitrogen and oxygen atoms in total. The molecule has 4 heterocycles. The van der Waals surface area contributed by atoms with Crippen LogP contribution in [0.5, 0.6) is 0 Å². The molecule has 4 rings (SSSR count). The lowest BCUT2D eigenvalue weighted by molar-refractivity contribution is -0.141. The largest absolute Gasteiger partial charge is 0.433 e. The van der Waals surface area contributed by atoms with Crippen molar-refractivity contribution in [1.82, 2.24) is 24.4 Å². The second-order valence-electron chi connectivity index (χ2n) is 9.98. The van der Waals surface area contributed by atoms with Gasteiger partial charge in [0.2, 0.25) is 0 Å². The molecule has 194 valence electrons. The Morgan fingerprint density at radius 3 is 2.31 bits per heavy atom. The minimum Gasteiger partial charge on any atom is -0.354 e. The van der Waals surface area contributed by atoms with E-state index in [-0.39, 0.29) is 11.5 Å². The van der Waals surface area contributed by atoms with Crippen LogP contribution in [-0.4, -0.2) is 57.1 Å². The Kier molecular flexibility index (Phi) is 7.79. The van der Waals surface area contributed by atoms with Gasteiger partial charge < -0.3 is 4.90 Å². The van der Waals surface area contributed by atoms with Crippen molar-refractivity contribution in [3.63, 3.8) is 0 Å². The predicted octanol–water partition coefficient (Wildman–Crippen LogP) is 4.68. The van der Waals surface area contributed by atoms with Crippen molar-refractivity contribution in [1.29, 1.82) is 0 Å². The molecule has 3 aromatic rings. The molecule has 0 unspecified atom stereocenters. The van der Waals surface area contributed by atoms with Crippen LogP contribution in [0.2, 0.25) is 0 Å². The number of halogens is 3. The highest BCUT2D eigenvalue weighted by molar-refractivity contribution is 7.13. The summed E-state index contributed by atoms with van der Waals surface area (Å²) in [6, 6.07) is 6.80. The molecular weight excluding hydrogens is 489 g/mol. The van der Waals surface area contributed by atoms with Gasteiger partial charge in [-0.2, -0.15) is 18.2 Å². The molecule has 3 aromatic heterocycles. The molecule has 11 heteroatoms. The normalized spacial score (nSPS) is 15.4. The molecule has 1 fully saturated rings. The highest BCUT2D eigenvalue weighted by Gasteiger charge is 2.36. The number of piperazine rings is 1. The summed E-state index contributed by atoms with van der Waals surface area (Å²) in [6.45, 7) is 9.60. The second-order valence-corrected chi connectivity index (χ2v) is 10.9. The fourth-order valence-electron chi connectivity index (χ4n) is 4.06. The third-order valence-corrected chi connectivity index (χ3v) is 7.03. The topological polar surface area (TPSA) is 67.2 Å². The van der Waals surface area contributed by atoms with E-state index in [1.165, 1.54) is 0 Å². The first-order valence-corrected chi connectivity index (χ1v) is 12.9. The first-order chi connectivity index (χ1) is 17.0. The number of hydrogen-bond acceptors (Lipinski definition) is 7. The zero-order chi connectivity index (χ0) is 25.9. The first kappa shape index (κ1) is 26.3. The van der Waals surface area contributed by atoms with E-state index in [1.807, 2.05) is 49.3 Å². The van der Waals surface area contributed by atoms with Crippen LogP contribution in [0.1, 0.15) is 45.1 Å². The van der Waals surface area contributed by atoms with Crippen molar-refractivity contribution < 1.29 is 13.2 Å². The third-order valence-electron chi connectivity index (χ3n) is 6.14. The molecule has 0 atom stereocenters. The number of nitrogens with zero attached hydrogens (tertiary/aromatic N) is 6.